The van der Waals surface area contributed by atoms with Crippen molar-refractivity contribution < 1.29 is 4.42 Å². The lowest BCUT2D eigenvalue weighted by Gasteiger charge is -2.33. The largest absolute Gasteiger partial charge is 0.423 e. The fourth-order valence-electron chi connectivity index (χ4n) is 4.20. The van der Waals surface area contributed by atoms with Gasteiger partial charge in [-0.05, 0) is 54.1 Å². The summed E-state index contributed by atoms with van der Waals surface area (Å²) in [5.74, 6) is 0. The van der Waals surface area contributed by atoms with E-state index >= 15 is 0 Å². The van der Waals surface area contributed by atoms with E-state index in [4.69, 9.17) is 16.0 Å². The summed E-state index contributed by atoms with van der Waals surface area (Å²) < 4.78 is 5.29. The molecule has 0 spiro atoms. The number of hydrogen-bond donors (Lipinski definition) is 1. The molecule has 6 heteroatoms. The van der Waals surface area contributed by atoms with Crippen LogP contribution in [0.15, 0.2) is 70.1 Å². The van der Waals surface area contributed by atoms with Crippen LogP contribution in [0.4, 0.5) is 5.69 Å². The average molecular weight is 420 g/mol. The van der Waals surface area contributed by atoms with Crippen LogP contribution in [0.3, 0.4) is 0 Å². The number of fused-ring (bicyclic) bond motifs is 2. The predicted octanol–water partition coefficient (Wildman–Crippen LogP) is 5.07. The second-order valence-electron chi connectivity index (χ2n) is 7.87. The van der Waals surface area contributed by atoms with Gasteiger partial charge in [-0.15, -0.1) is 0 Å². The molecule has 0 amide bonds. The predicted molar refractivity (Wildman–Crippen MR) is 121 cm³/mol. The first-order valence-electron chi connectivity index (χ1n) is 10.2. The number of likely N-dealkylation sites (tertiary alicyclic amines) is 1. The number of pyridine rings is 1. The van der Waals surface area contributed by atoms with Gasteiger partial charge in [0.2, 0.25) is 0 Å². The van der Waals surface area contributed by atoms with E-state index in [0.29, 0.717) is 16.6 Å². The Bertz CT molecular complexity index is 1260. The number of benzene rings is 2. The van der Waals surface area contributed by atoms with Gasteiger partial charge in [-0.2, -0.15) is 0 Å². The highest BCUT2D eigenvalue weighted by Gasteiger charge is 2.20. The second kappa shape index (κ2) is 8.09. The Labute approximate surface area is 179 Å². The molecule has 0 radical (unpaired) electrons. The standard InChI is InChI=1S/C24H22ClN3O2/c25-19-3-4-23-21(12-19)22(13-24(29)30-23)27-20-6-9-28(10-7-20)15-16-1-2-18-14-26-8-5-17(18)11-16/h1-5,8,11-14,20,27H,6-7,9-10,15H2. The lowest BCUT2D eigenvalue weighted by Crippen LogP contribution is -2.38. The lowest BCUT2D eigenvalue weighted by molar-refractivity contribution is 0.211. The Morgan fingerprint density at radius 3 is 2.80 bits per heavy atom. The van der Waals surface area contributed by atoms with Crippen LogP contribution in [0.5, 0.6) is 0 Å². The summed E-state index contributed by atoms with van der Waals surface area (Å²) in [5.41, 5.74) is 2.32. The highest BCUT2D eigenvalue weighted by molar-refractivity contribution is 6.31. The molecule has 1 N–H and O–H groups in total. The molecule has 152 valence electrons. The Kier molecular flexibility index (Phi) is 5.15. The van der Waals surface area contributed by atoms with Crippen LogP contribution in [0.2, 0.25) is 5.02 Å². The zero-order valence-electron chi connectivity index (χ0n) is 16.5. The van der Waals surface area contributed by atoms with Crippen molar-refractivity contribution in [1.82, 2.24) is 9.88 Å². The van der Waals surface area contributed by atoms with Crippen molar-refractivity contribution in [1.29, 1.82) is 0 Å². The van der Waals surface area contributed by atoms with Gasteiger partial charge >= 0.3 is 5.63 Å². The summed E-state index contributed by atoms with van der Waals surface area (Å²) in [4.78, 5) is 18.6. The normalized spacial score (nSPS) is 15.6. The molecule has 30 heavy (non-hydrogen) atoms. The third-order valence-corrected chi connectivity index (χ3v) is 6.00. The van der Waals surface area contributed by atoms with Gasteiger partial charge in [0.15, 0.2) is 0 Å². The fraction of sp³-hybridized carbons (Fsp3) is 0.250. The monoisotopic (exact) mass is 419 g/mol. The summed E-state index contributed by atoms with van der Waals surface area (Å²) in [7, 11) is 0. The van der Waals surface area contributed by atoms with E-state index in [9.17, 15) is 4.79 Å². The quantitative estimate of drug-likeness (QED) is 0.468. The van der Waals surface area contributed by atoms with Crippen molar-refractivity contribution in [2.45, 2.75) is 25.4 Å². The van der Waals surface area contributed by atoms with Crippen LogP contribution in [-0.4, -0.2) is 29.0 Å². The SMILES string of the molecule is O=c1cc(NC2CCN(Cc3ccc4cnccc4c3)CC2)c2cc(Cl)ccc2o1. The molecule has 1 aliphatic rings. The molecular formula is C24H22ClN3O2. The van der Waals surface area contributed by atoms with E-state index < -0.39 is 0 Å². The maximum atomic E-state index is 11.9. The van der Waals surface area contributed by atoms with Crippen LogP contribution < -0.4 is 10.9 Å². The van der Waals surface area contributed by atoms with Gasteiger partial charge in [0.1, 0.15) is 5.58 Å². The van der Waals surface area contributed by atoms with Crippen LogP contribution in [-0.2, 0) is 6.54 Å². The molecule has 0 atom stereocenters. The molecule has 1 aliphatic heterocycles. The van der Waals surface area contributed by atoms with E-state index in [1.165, 1.54) is 22.4 Å². The summed E-state index contributed by atoms with van der Waals surface area (Å²) in [6.07, 6.45) is 5.77. The van der Waals surface area contributed by atoms with Gasteiger partial charge in [0, 0.05) is 59.9 Å². The molecule has 0 saturated carbocycles. The molecule has 1 fully saturated rings. The topological polar surface area (TPSA) is 58.4 Å². The van der Waals surface area contributed by atoms with Crippen molar-refractivity contribution in [3.63, 3.8) is 0 Å². The Hall–Kier alpha value is -2.89. The fourth-order valence-corrected chi connectivity index (χ4v) is 4.37. The number of halogens is 1. The molecule has 0 bridgehead atoms. The summed E-state index contributed by atoms with van der Waals surface area (Å²) in [6, 6.07) is 15.8. The van der Waals surface area contributed by atoms with Gasteiger partial charge in [0.25, 0.3) is 0 Å². The minimum Gasteiger partial charge on any atom is -0.423 e. The number of aromatic nitrogens is 1. The molecule has 3 heterocycles. The number of anilines is 1. The molecule has 0 aliphatic carbocycles. The third kappa shape index (κ3) is 4.04. The van der Waals surface area contributed by atoms with Crippen LogP contribution in [0, 0.1) is 0 Å². The molecule has 5 rings (SSSR count). The number of nitrogens with one attached hydrogen (secondary N) is 1. The van der Waals surface area contributed by atoms with E-state index in [0.717, 1.165) is 43.5 Å². The van der Waals surface area contributed by atoms with Crippen molar-refractivity contribution >= 4 is 39.0 Å². The van der Waals surface area contributed by atoms with Crippen molar-refractivity contribution in [2.75, 3.05) is 18.4 Å². The minimum atomic E-state index is -0.351. The number of rotatable bonds is 4. The van der Waals surface area contributed by atoms with Gasteiger partial charge in [-0.25, -0.2) is 4.79 Å². The van der Waals surface area contributed by atoms with Crippen molar-refractivity contribution in [3.05, 3.63) is 81.9 Å². The summed E-state index contributed by atoms with van der Waals surface area (Å²) in [6.45, 7) is 2.96. The summed E-state index contributed by atoms with van der Waals surface area (Å²) in [5, 5.41) is 7.42. The maximum Gasteiger partial charge on any atom is 0.338 e. The summed E-state index contributed by atoms with van der Waals surface area (Å²) >= 11 is 6.15. The van der Waals surface area contributed by atoms with E-state index in [1.807, 2.05) is 18.5 Å². The Morgan fingerprint density at radius 1 is 1.07 bits per heavy atom. The van der Waals surface area contributed by atoms with Crippen LogP contribution in [0.25, 0.3) is 21.7 Å². The minimum absolute atomic E-state index is 0.313. The van der Waals surface area contributed by atoms with Crippen molar-refractivity contribution in [3.8, 4) is 0 Å². The smallest absolute Gasteiger partial charge is 0.338 e. The Balaban J connectivity index is 1.25. The van der Waals surface area contributed by atoms with Gasteiger partial charge in [-0.3, -0.25) is 9.88 Å². The van der Waals surface area contributed by atoms with Gasteiger partial charge < -0.3 is 9.73 Å². The van der Waals surface area contributed by atoms with Crippen LogP contribution in [0.1, 0.15) is 18.4 Å². The lowest BCUT2D eigenvalue weighted by atomic mass is 10.0. The first-order chi connectivity index (χ1) is 14.6. The molecule has 2 aromatic heterocycles. The first-order valence-corrected chi connectivity index (χ1v) is 10.6. The third-order valence-electron chi connectivity index (χ3n) is 5.76. The van der Waals surface area contributed by atoms with E-state index in [2.05, 4.69) is 39.5 Å². The molecule has 0 unspecified atom stereocenters. The molecule has 5 nitrogen and oxygen atoms in total. The van der Waals surface area contributed by atoms with Gasteiger partial charge in [0.05, 0.1) is 5.69 Å². The van der Waals surface area contributed by atoms with Crippen LogP contribution >= 0.6 is 11.6 Å². The molecule has 1 saturated heterocycles. The second-order valence-corrected chi connectivity index (χ2v) is 8.31. The maximum absolute atomic E-state index is 11.9. The number of hydrogen-bond acceptors (Lipinski definition) is 5. The Morgan fingerprint density at radius 2 is 1.93 bits per heavy atom. The van der Waals surface area contributed by atoms with E-state index in [-0.39, 0.29) is 5.63 Å². The zero-order valence-corrected chi connectivity index (χ0v) is 17.2. The average Bonchev–Trinajstić information content (AvgIpc) is 2.75. The van der Waals surface area contributed by atoms with Gasteiger partial charge in [-0.1, -0.05) is 23.7 Å². The van der Waals surface area contributed by atoms with Crippen molar-refractivity contribution in [2.24, 2.45) is 0 Å². The number of nitrogens with zero attached hydrogens (tertiary/aromatic N) is 2. The zero-order chi connectivity index (χ0) is 20.5. The molecule has 4 aromatic rings. The number of piperidine rings is 1. The van der Waals surface area contributed by atoms with E-state index in [1.54, 1.807) is 12.1 Å². The first kappa shape index (κ1) is 19.1. The highest BCUT2D eigenvalue weighted by atomic mass is 35.5. The molecular weight excluding hydrogens is 398 g/mol. The molecule has 2 aromatic carbocycles. The highest BCUT2D eigenvalue weighted by Crippen LogP contribution is 2.27.